The van der Waals surface area contributed by atoms with Crippen LogP contribution in [0.3, 0.4) is 0 Å². The number of hydrogen-bond donors (Lipinski definition) is 1. The Balaban J connectivity index is 1.44. The molecule has 0 fully saturated rings. The molecule has 0 unspecified atom stereocenters. The molecule has 2 aromatic carbocycles. The number of benzene rings is 2. The van der Waals surface area contributed by atoms with Crippen molar-refractivity contribution in [3.8, 4) is 17.2 Å². The number of esters is 1. The van der Waals surface area contributed by atoms with Gasteiger partial charge in [0, 0.05) is 17.7 Å². The number of rotatable bonds is 5. The molecule has 1 amide bonds. The predicted octanol–water partition coefficient (Wildman–Crippen LogP) is 2.39. The van der Waals surface area contributed by atoms with Crippen molar-refractivity contribution in [3.05, 3.63) is 47.0 Å². The lowest BCUT2D eigenvalue weighted by Crippen LogP contribution is -2.20. The summed E-state index contributed by atoms with van der Waals surface area (Å²) in [7, 11) is 1.46. The first-order chi connectivity index (χ1) is 14.0. The van der Waals surface area contributed by atoms with Gasteiger partial charge in [0.1, 0.15) is 13.2 Å². The fraction of sp³-hybridized carbons (Fsp3) is 0.286. The molecule has 0 saturated carbocycles. The van der Waals surface area contributed by atoms with Crippen LogP contribution in [0.2, 0.25) is 0 Å². The maximum Gasteiger partial charge on any atom is 0.338 e. The Morgan fingerprint density at radius 3 is 2.72 bits per heavy atom. The third-order valence-corrected chi connectivity index (χ3v) is 4.72. The van der Waals surface area contributed by atoms with Gasteiger partial charge in [-0.2, -0.15) is 0 Å². The summed E-state index contributed by atoms with van der Waals surface area (Å²) in [5.41, 5.74) is 2.22. The average molecular weight is 397 g/mol. The summed E-state index contributed by atoms with van der Waals surface area (Å²) in [6.07, 6.45) is 0.949. The molecule has 0 atom stereocenters. The van der Waals surface area contributed by atoms with Crippen molar-refractivity contribution >= 4 is 23.3 Å². The molecule has 2 aliphatic rings. The van der Waals surface area contributed by atoms with E-state index in [1.807, 2.05) is 0 Å². The lowest BCUT2D eigenvalue weighted by Gasteiger charge is -2.21. The number of nitrogens with one attached hydrogen (secondary N) is 1. The number of ketones is 1. The van der Waals surface area contributed by atoms with Crippen LogP contribution in [0.15, 0.2) is 30.3 Å². The quantitative estimate of drug-likeness (QED) is 0.611. The maximum atomic E-state index is 12.5. The molecule has 0 saturated heterocycles. The van der Waals surface area contributed by atoms with Gasteiger partial charge in [0.15, 0.2) is 23.9 Å². The van der Waals surface area contributed by atoms with E-state index in [0.29, 0.717) is 54.6 Å². The number of hydrogen-bond acceptors (Lipinski definition) is 7. The van der Waals surface area contributed by atoms with Crippen LogP contribution in [0.4, 0.5) is 5.69 Å². The summed E-state index contributed by atoms with van der Waals surface area (Å²) < 4.78 is 21.4. The standard InChI is InChI=1S/C21H19NO7/c1-26-17-9-14(10-18-20(17)28-7-6-27-18)21(25)29-11-16(23)13-2-4-15-12(8-13)3-5-19(24)22-15/h2,4,8-10H,3,5-7,11H2,1H3,(H,22,24). The molecule has 2 heterocycles. The van der Waals surface area contributed by atoms with Crippen LogP contribution >= 0.6 is 0 Å². The third-order valence-electron chi connectivity index (χ3n) is 4.72. The number of anilines is 1. The first-order valence-corrected chi connectivity index (χ1v) is 9.16. The van der Waals surface area contributed by atoms with Gasteiger partial charge in [0.2, 0.25) is 11.7 Å². The molecule has 0 bridgehead atoms. The molecule has 0 spiro atoms. The van der Waals surface area contributed by atoms with Gasteiger partial charge in [-0.25, -0.2) is 4.79 Å². The number of methoxy groups -OCH3 is 1. The van der Waals surface area contributed by atoms with Gasteiger partial charge >= 0.3 is 5.97 Å². The first-order valence-electron chi connectivity index (χ1n) is 9.16. The number of carbonyl (C=O) groups is 3. The minimum atomic E-state index is -0.668. The molecule has 8 nitrogen and oxygen atoms in total. The van der Waals surface area contributed by atoms with Crippen molar-refractivity contribution in [1.82, 2.24) is 0 Å². The lowest BCUT2D eigenvalue weighted by molar-refractivity contribution is -0.116. The molecule has 1 N–H and O–H groups in total. The summed E-state index contributed by atoms with van der Waals surface area (Å²) in [5.74, 6) is 0.150. The van der Waals surface area contributed by atoms with Crippen LogP contribution in [-0.4, -0.2) is 44.6 Å². The van der Waals surface area contributed by atoms with Crippen LogP contribution in [0, 0.1) is 0 Å². The van der Waals surface area contributed by atoms with E-state index >= 15 is 0 Å². The van der Waals surface area contributed by atoms with Crippen molar-refractivity contribution in [2.45, 2.75) is 12.8 Å². The second kappa shape index (κ2) is 7.83. The summed E-state index contributed by atoms with van der Waals surface area (Å²) in [6.45, 7) is 0.360. The highest BCUT2D eigenvalue weighted by atomic mass is 16.6. The summed E-state index contributed by atoms with van der Waals surface area (Å²) in [4.78, 5) is 36.3. The molecular formula is C21H19NO7. The Bertz CT molecular complexity index is 982. The molecule has 0 aliphatic carbocycles. The SMILES string of the molecule is COc1cc(C(=O)OCC(=O)c2ccc3c(c2)CCC(=O)N3)cc2c1OCCO2. The van der Waals surface area contributed by atoms with Crippen LogP contribution in [-0.2, 0) is 16.0 Å². The lowest BCUT2D eigenvalue weighted by atomic mass is 9.99. The Labute approximate surface area is 166 Å². The number of Topliss-reactive ketones (excluding diaryl/α,β-unsaturated/α-hetero) is 1. The van der Waals surface area contributed by atoms with Crippen LogP contribution < -0.4 is 19.5 Å². The van der Waals surface area contributed by atoms with Gasteiger partial charge in [-0.3, -0.25) is 9.59 Å². The molecular weight excluding hydrogens is 378 g/mol. The van der Waals surface area contributed by atoms with Gasteiger partial charge in [-0.15, -0.1) is 0 Å². The van der Waals surface area contributed by atoms with Crippen molar-refractivity contribution in [3.63, 3.8) is 0 Å². The van der Waals surface area contributed by atoms with Crippen molar-refractivity contribution < 1.29 is 33.3 Å². The molecule has 2 aliphatic heterocycles. The van der Waals surface area contributed by atoms with Crippen LogP contribution in [0.5, 0.6) is 17.2 Å². The average Bonchev–Trinajstić information content (AvgIpc) is 2.75. The summed E-state index contributed by atoms with van der Waals surface area (Å²) >= 11 is 0. The zero-order valence-electron chi connectivity index (χ0n) is 15.8. The Morgan fingerprint density at radius 2 is 1.90 bits per heavy atom. The van der Waals surface area contributed by atoms with E-state index in [1.54, 1.807) is 18.2 Å². The van der Waals surface area contributed by atoms with E-state index in [4.69, 9.17) is 18.9 Å². The molecule has 4 rings (SSSR count). The number of amides is 1. The van der Waals surface area contributed by atoms with E-state index in [1.165, 1.54) is 19.2 Å². The zero-order chi connectivity index (χ0) is 20.4. The Kier molecular flexibility index (Phi) is 5.07. The van der Waals surface area contributed by atoms with Crippen molar-refractivity contribution in [2.24, 2.45) is 0 Å². The fourth-order valence-electron chi connectivity index (χ4n) is 3.25. The number of fused-ring (bicyclic) bond motifs is 2. The number of aryl methyl sites for hydroxylation is 1. The van der Waals surface area contributed by atoms with E-state index in [0.717, 1.165) is 5.56 Å². The Morgan fingerprint density at radius 1 is 1.07 bits per heavy atom. The van der Waals surface area contributed by atoms with Crippen LogP contribution in [0.25, 0.3) is 0 Å². The third kappa shape index (κ3) is 3.87. The number of ether oxygens (including phenoxy) is 4. The van der Waals surface area contributed by atoms with E-state index < -0.39 is 12.6 Å². The number of carbonyl (C=O) groups excluding carboxylic acids is 3. The van der Waals surface area contributed by atoms with E-state index in [9.17, 15) is 14.4 Å². The maximum absolute atomic E-state index is 12.5. The van der Waals surface area contributed by atoms with E-state index in [2.05, 4.69) is 5.32 Å². The highest BCUT2D eigenvalue weighted by molar-refractivity contribution is 6.01. The normalized spacial score (nSPS) is 14.4. The predicted molar refractivity (Wildman–Crippen MR) is 102 cm³/mol. The fourth-order valence-corrected chi connectivity index (χ4v) is 3.25. The van der Waals surface area contributed by atoms with Gasteiger partial charge < -0.3 is 24.3 Å². The molecule has 29 heavy (non-hydrogen) atoms. The Hall–Kier alpha value is -3.55. The summed E-state index contributed by atoms with van der Waals surface area (Å²) in [5, 5.41) is 2.76. The molecule has 0 radical (unpaired) electrons. The minimum absolute atomic E-state index is 0.0413. The van der Waals surface area contributed by atoms with Gasteiger partial charge in [0.05, 0.1) is 12.7 Å². The van der Waals surface area contributed by atoms with Gasteiger partial charge in [-0.1, -0.05) is 0 Å². The summed E-state index contributed by atoms with van der Waals surface area (Å²) in [6, 6.07) is 8.01. The molecule has 150 valence electrons. The van der Waals surface area contributed by atoms with Crippen LogP contribution in [0.1, 0.15) is 32.7 Å². The highest BCUT2D eigenvalue weighted by Crippen LogP contribution is 2.40. The van der Waals surface area contributed by atoms with Crippen molar-refractivity contribution in [1.29, 1.82) is 0 Å². The topological polar surface area (TPSA) is 100 Å². The molecule has 8 heteroatoms. The smallest absolute Gasteiger partial charge is 0.338 e. The first kappa shape index (κ1) is 18.8. The second-order valence-corrected chi connectivity index (χ2v) is 6.62. The molecule has 2 aromatic rings. The monoisotopic (exact) mass is 397 g/mol. The largest absolute Gasteiger partial charge is 0.493 e. The van der Waals surface area contributed by atoms with Gasteiger partial charge in [-0.05, 0) is 42.3 Å². The second-order valence-electron chi connectivity index (χ2n) is 6.62. The van der Waals surface area contributed by atoms with Crippen molar-refractivity contribution in [2.75, 3.05) is 32.2 Å². The van der Waals surface area contributed by atoms with E-state index in [-0.39, 0.29) is 17.3 Å². The highest BCUT2D eigenvalue weighted by Gasteiger charge is 2.22. The van der Waals surface area contributed by atoms with Gasteiger partial charge in [0.25, 0.3) is 0 Å². The zero-order valence-corrected chi connectivity index (χ0v) is 15.8. The molecule has 0 aromatic heterocycles. The minimum Gasteiger partial charge on any atom is -0.493 e.